The predicted molar refractivity (Wildman–Crippen MR) is 163 cm³/mol. The zero-order valence-corrected chi connectivity index (χ0v) is 24.3. The van der Waals surface area contributed by atoms with E-state index in [0.29, 0.717) is 30.3 Å². The molecule has 0 saturated carbocycles. The maximum Gasteiger partial charge on any atom is 0.259 e. The first-order chi connectivity index (χ1) is 20.2. The van der Waals surface area contributed by atoms with E-state index in [9.17, 15) is 13.2 Å². The number of para-hydroxylation sites is 1. The monoisotopic (exact) mass is 579 g/mol. The van der Waals surface area contributed by atoms with E-state index < -0.39 is 9.84 Å². The van der Waals surface area contributed by atoms with Gasteiger partial charge in [0, 0.05) is 47.7 Å². The van der Waals surface area contributed by atoms with Gasteiger partial charge in [-0.15, -0.1) is 0 Å². The minimum atomic E-state index is -3.04. The van der Waals surface area contributed by atoms with Crippen molar-refractivity contribution in [3.63, 3.8) is 0 Å². The first-order valence-corrected chi connectivity index (χ1v) is 15.6. The van der Waals surface area contributed by atoms with Gasteiger partial charge in [0.1, 0.15) is 0 Å². The summed E-state index contributed by atoms with van der Waals surface area (Å²) in [7, 11) is -1.16. The molecule has 0 radical (unpaired) electrons. The quantitative estimate of drug-likeness (QED) is 0.297. The Morgan fingerprint density at radius 3 is 2.62 bits per heavy atom. The molecule has 212 valence electrons. The molecule has 2 aromatic carbocycles. The highest BCUT2D eigenvalue weighted by molar-refractivity contribution is 7.91. The second-order valence-electron chi connectivity index (χ2n) is 10.9. The average molecular weight is 580 g/mol. The van der Waals surface area contributed by atoms with Crippen LogP contribution < -0.4 is 10.2 Å². The van der Waals surface area contributed by atoms with Crippen LogP contribution in [0, 0.1) is 13.8 Å². The maximum absolute atomic E-state index is 13.7. The molecule has 0 unspecified atom stereocenters. The predicted octanol–water partition coefficient (Wildman–Crippen LogP) is 5.08. The summed E-state index contributed by atoms with van der Waals surface area (Å²) in [6, 6.07) is 13.6. The number of hydrogen-bond donors (Lipinski definition) is 2. The normalized spacial score (nSPS) is 16.1. The second kappa shape index (κ2) is 9.66. The van der Waals surface area contributed by atoms with Crippen molar-refractivity contribution in [1.29, 1.82) is 0 Å². The highest BCUT2D eigenvalue weighted by Gasteiger charge is 2.33. The first-order valence-electron chi connectivity index (χ1n) is 13.7. The van der Waals surface area contributed by atoms with Crippen molar-refractivity contribution in [3.05, 3.63) is 88.9 Å². The summed E-state index contributed by atoms with van der Waals surface area (Å²) in [5.74, 6) is 1.21. The van der Waals surface area contributed by atoms with Crippen LogP contribution in [0.1, 0.15) is 39.2 Å². The zero-order valence-electron chi connectivity index (χ0n) is 23.5. The molecular formula is C31H29N7O3S. The number of aromatic nitrogens is 5. The SMILES string of the molecule is Cc1cnc(Nc2cc(C)n(C)n2)nc1-c1c[nH]c2c(N3Cc4c(cccc4C4=CCS(=O)(=O)CC4)C3=O)cccc12. The molecule has 10 nitrogen and oxygen atoms in total. The van der Waals surface area contributed by atoms with Crippen LogP contribution >= 0.6 is 0 Å². The number of hydrogen-bond acceptors (Lipinski definition) is 7. The van der Waals surface area contributed by atoms with E-state index in [-0.39, 0.29) is 17.4 Å². The van der Waals surface area contributed by atoms with Crippen LogP contribution in [0.4, 0.5) is 17.5 Å². The van der Waals surface area contributed by atoms with Gasteiger partial charge in [0.25, 0.3) is 5.91 Å². The lowest BCUT2D eigenvalue weighted by molar-refractivity contribution is 0.0997. The van der Waals surface area contributed by atoms with Gasteiger partial charge in [-0.3, -0.25) is 9.48 Å². The van der Waals surface area contributed by atoms with E-state index in [2.05, 4.69) is 20.4 Å². The Labute approximate surface area is 243 Å². The summed E-state index contributed by atoms with van der Waals surface area (Å²) in [4.78, 5) is 28.2. The van der Waals surface area contributed by atoms with E-state index in [1.165, 1.54) is 0 Å². The summed E-state index contributed by atoms with van der Waals surface area (Å²) < 4.78 is 25.8. The fraction of sp³-hybridized carbons (Fsp3) is 0.226. The van der Waals surface area contributed by atoms with E-state index in [1.807, 2.05) is 69.6 Å². The molecule has 2 aliphatic rings. The van der Waals surface area contributed by atoms with Crippen molar-refractivity contribution in [3.8, 4) is 11.3 Å². The van der Waals surface area contributed by atoms with Crippen LogP contribution in [-0.4, -0.2) is 50.6 Å². The molecule has 2 N–H and O–H groups in total. The number of anilines is 3. The van der Waals surface area contributed by atoms with E-state index in [4.69, 9.17) is 4.98 Å². The Bertz CT molecular complexity index is 2040. The van der Waals surface area contributed by atoms with Gasteiger partial charge in [0.15, 0.2) is 15.7 Å². The highest BCUT2D eigenvalue weighted by Crippen LogP contribution is 2.40. The molecule has 3 aromatic heterocycles. The number of amides is 1. The molecule has 42 heavy (non-hydrogen) atoms. The molecular weight excluding hydrogens is 550 g/mol. The van der Waals surface area contributed by atoms with Crippen LogP contribution in [0.2, 0.25) is 0 Å². The lowest BCUT2D eigenvalue weighted by Crippen LogP contribution is -2.23. The minimum absolute atomic E-state index is 0.0371. The fourth-order valence-corrected chi connectivity index (χ4v) is 6.97. The van der Waals surface area contributed by atoms with Crippen LogP contribution in [0.5, 0.6) is 0 Å². The molecule has 0 saturated heterocycles. The van der Waals surface area contributed by atoms with E-state index in [0.717, 1.165) is 55.8 Å². The van der Waals surface area contributed by atoms with E-state index in [1.54, 1.807) is 21.9 Å². The smallest absolute Gasteiger partial charge is 0.259 e. The minimum Gasteiger partial charge on any atom is -0.359 e. The van der Waals surface area contributed by atoms with Crippen molar-refractivity contribution in [2.45, 2.75) is 26.8 Å². The number of aryl methyl sites for hydroxylation is 3. The van der Waals surface area contributed by atoms with Crippen molar-refractivity contribution in [1.82, 2.24) is 24.7 Å². The maximum atomic E-state index is 13.7. The summed E-state index contributed by atoms with van der Waals surface area (Å²) >= 11 is 0. The number of carbonyl (C=O) groups excluding carboxylic acids is 1. The number of fused-ring (bicyclic) bond motifs is 2. The third-order valence-electron chi connectivity index (χ3n) is 8.14. The lowest BCUT2D eigenvalue weighted by Gasteiger charge is -2.18. The summed E-state index contributed by atoms with van der Waals surface area (Å²) in [6.07, 6.45) is 5.96. The third-order valence-corrected chi connectivity index (χ3v) is 9.65. The van der Waals surface area contributed by atoms with Crippen molar-refractivity contribution in [2.75, 3.05) is 21.7 Å². The van der Waals surface area contributed by atoms with Gasteiger partial charge < -0.3 is 15.2 Å². The highest BCUT2D eigenvalue weighted by atomic mass is 32.2. The third kappa shape index (κ3) is 4.37. The fourth-order valence-electron chi connectivity index (χ4n) is 5.82. The van der Waals surface area contributed by atoms with Crippen LogP contribution in [0.3, 0.4) is 0 Å². The summed E-state index contributed by atoms with van der Waals surface area (Å²) in [6.45, 7) is 4.36. The molecule has 11 heteroatoms. The summed E-state index contributed by atoms with van der Waals surface area (Å²) in [5.41, 5.74) is 8.77. The second-order valence-corrected chi connectivity index (χ2v) is 13.1. The van der Waals surface area contributed by atoms with Crippen LogP contribution in [-0.2, 0) is 23.4 Å². The standard InChI is InChI=1S/C31H29N7O3S/c1-18-15-33-31(34-27-14-19(2)37(3)36-27)35-28(18)24-16-32-29-22(24)7-5-9-26(29)38-17-25-21(6-4-8-23(25)30(38)39)20-10-12-42(40,41)13-11-20/h4-10,14-16,32H,11-13,17H2,1-3H3,(H,33,34,35,36). The van der Waals surface area contributed by atoms with E-state index >= 15 is 0 Å². The van der Waals surface area contributed by atoms with Crippen molar-refractivity contribution in [2.24, 2.45) is 7.05 Å². The van der Waals surface area contributed by atoms with Gasteiger partial charge in [0.05, 0.1) is 34.9 Å². The Morgan fingerprint density at radius 1 is 1.05 bits per heavy atom. The summed E-state index contributed by atoms with van der Waals surface area (Å²) in [5, 5.41) is 8.58. The molecule has 7 rings (SSSR count). The number of nitrogens with zero attached hydrogens (tertiary/aromatic N) is 5. The number of allylic oxidation sites excluding steroid dienone is 1. The largest absolute Gasteiger partial charge is 0.359 e. The van der Waals surface area contributed by atoms with Gasteiger partial charge in [-0.25, -0.2) is 18.4 Å². The number of carbonyl (C=O) groups is 1. The van der Waals surface area contributed by atoms with Gasteiger partial charge in [0.2, 0.25) is 5.95 Å². The molecule has 0 aliphatic carbocycles. The molecule has 5 heterocycles. The van der Waals surface area contributed by atoms with Gasteiger partial charge in [-0.1, -0.05) is 30.3 Å². The van der Waals surface area contributed by atoms with Crippen LogP contribution in [0.15, 0.2) is 60.9 Å². The van der Waals surface area contributed by atoms with Crippen LogP contribution in [0.25, 0.3) is 27.7 Å². The number of H-pyrrole nitrogens is 1. The Hall–Kier alpha value is -4.77. The molecule has 2 aliphatic heterocycles. The molecule has 0 spiro atoms. The molecule has 0 atom stereocenters. The number of sulfone groups is 1. The topological polar surface area (TPSA) is 126 Å². The molecule has 0 bridgehead atoms. The van der Waals surface area contributed by atoms with Gasteiger partial charge >= 0.3 is 0 Å². The lowest BCUT2D eigenvalue weighted by atomic mass is 9.95. The zero-order chi connectivity index (χ0) is 29.2. The first kappa shape index (κ1) is 26.1. The number of aromatic amines is 1. The van der Waals surface area contributed by atoms with Gasteiger partial charge in [-0.05, 0) is 54.7 Å². The van der Waals surface area contributed by atoms with Gasteiger partial charge in [-0.2, -0.15) is 5.10 Å². The average Bonchev–Trinajstić information content (AvgIpc) is 3.64. The number of rotatable bonds is 5. The molecule has 0 fully saturated rings. The number of nitrogens with one attached hydrogen (secondary N) is 2. The molecule has 1 amide bonds. The van der Waals surface area contributed by atoms with Crippen molar-refractivity contribution < 1.29 is 13.2 Å². The molecule has 5 aromatic rings. The Morgan fingerprint density at radius 2 is 1.86 bits per heavy atom. The Balaban J connectivity index is 1.24. The van der Waals surface area contributed by atoms with Crippen molar-refractivity contribution >= 4 is 49.7 Å². The number of benzene rings is 2. The Kier molecular flexibility index (Phi) is 6.01.